The highest BCUT2D eigenvalue weighted by Gasteiger charge is 2.29. The molecule has 5 nitrogen and oxygen atoms in total. The second-order valence-corrected chi connectivity index (χ2v) is 5.05. The van der Waals surface area contributed by atoms with Gasteiger partial charge in [-0.05, 0) is 39.0 Å². The molecule has 0 fully saturated rings. The number of nitrogens with one attached hydrogen (secondary N) is 1. The van der Waals surface area contributed by atoms with E-state index >= 15 is 0 Å². The molecule has 0 aliphatic carbocycles. The third-order valence-corrected chi connectivity index (χ3v) is 2.35. The number of esters is 1. The number of carbonyl (C=O) groups is 3. The monoisotopic (exact) mass is 247 g/mol. The molecule has 1 aromatic rings. The van der Waals surface area contributed by atoms with Gasteiger partial charge in [0.25, 0.3) is 11.7 Å². The molecule has 0 radical (unpaired) electrons. The Kier molecular flexibility index (Phi) is 2.69. The first-order chi connectivity index (χ1) is 8.28. The highest BCUT2D eigenvalue weighted by atomic mass is 16.6. The van der Waals surface area contributed by atoms with E-state index in [-0.39, 0.29) is 11.1 Å². The van der Waals surface area contributed by atoms with Crippen molar-refractivity contribution in [1.82, 2.24) is 0 Å². The fraction of sp³-hybridized carbons (Fsp3) is 0.308. The maximum absolute atomic E-state index is 11.8. The summed E-state index contributed by atoms with van der Waals surface area (Å²) in [7, 11) is 0. The summed E-state index contributed by atoms with van der Waals surface area (Å²) in [5.41, 5.74) is 0.294. The van der Waals surface area contributed by atoms with Gasteiger partial charge in [-0.3, -0.25) is 9.59 Å². The number of ketones is 1. The van der Waals surface area contributed by atoms with Crippen molar-refractivity contribution in [3.05, 3.63) is 29.3 Å². The van der Waals surface area contributed by atoms with Crippen molar-refractivity contribution in [1.29, 1.82) is 0 Å². The smallest absolute Gasteiger partial charge is 0.338 e. The Balaban J connectivity index is 2.31. The molecular formula is C13H13NO4. The fourth-order valence-corrected chi connectivity index (χ4v) is 1.61. The minimum absolute atomic E-state index is 0.211. The number of ether oxygens (including phenoxy) is 1. The molecule has 0 atom stereocenters. The van der Waals surface area contributed by atoms with Crippen molar-refractivity contribution in [3.8, 4) is 0 Å². The molecule has 0 spiro atoms. The summed E-state index contributed by atoms with van der Waals surface area (Å²) in [4.78, 5) is 34.5. The molecule has 1 heterocycles. The lowest BCUT2D eigenvalue weighted by Crippen LogP contribution is -2.24. The summed E-state index contributed by atoms with van der Waals surface area (Å²) in [6.07, 6.45) is 0. The van der Waals surface area contributed by atoms with Crippen LogP contribution in [0.3, 0.4) is 0 Å². The van der Waals surface area contributed by atoms with Gasteiger partial charge in [0.05, 0.1) is 16.8 Å². The van der Waals surface area contributed by atoms with Crippen LogP contribution < -0.4 is 5.32 Å². The Bertz CT molecular complexity index is 555. The maximum Gasteiger partial charge on any atom is 0.338 e. The van der Waals surface area contributed by atoms with Gasteiger partial charge in [-0.25, -0.2) is 4.79 Å². The Hall–Kier alpha value is -2.17. The van der Waals surface area contributed by atoms with E-state index in [1.165, 1.54) is 18.2 Å². The van der Waals surface area contributed by atoms with E-state index < -0.39 is 23.3 Å². The lowest BCUT2D eigenvalue weighted by atomic mass is 10.1. The molecule has 1 amide bonds. The summed E-state index contributed by atoms with van der Waals surface area (Å²) in [6, 6.07) is 4.42. The molecule has 1 aliphatic rings. The number of rotatable bonds is 1. The molecule has 0 saturated carbocycles. The van der Waals surface area contributed by atoms with Crippen molar-refractivity contribution in [2.75, 3.05) is 5.32 Å². The van der Waals surface area contributed by atoms with Crippen LogP contribution in [0.2, 0.25) is 0 Å². The first kappa shape index (κ1) is 12.3. The minimum Gasteiger partial charge on any atom is -0.456 e. The number of benzene rings is 1. The average Bonchev–Trinajstić information content (AvgIpc) is 2.52. The summed E-state index contributed by atoms with van der Waals surface area (Å²) < 4.78 is 5.19. The normalized spacial score (nSPS) is 14.2. The zero-order valence-electron chi connectivity index (χ0n) is 10.4. The van der Waals surface area contributed by atoms with Crippen LogP contribution in [-0.2, 0) is 9.53 Å². The van der Waals surface area contributed by atoms with E-state index in [2.05, 4.69) is 5.32 Å². The van der Waals surface area contributed by atoms with Gasteiger partial charge >= 0.3 is 5.97 Å². The van der Waals surface area contributed by atoms with Gasteiger partial charge in [0, 0.05) is 0 Å². The summed E-state index contributed by atoms with van der Waals surface area (Å²) in [5.74, 6) is -1.82. The van der Waals surface area contributed by atoms with Gasteiger partial charge in [-0.1, -0.05) is 0 Å². The Morgan fingerprint density at radius 2 is 1.89 bits per heavy atom. The summed E-state index contributed by atoms with van der Waals surface area (Å²) >= 11 is 0. The van der Waals surface area contributed by atoms with Gasteiger partial charge in [0.15, 0.2) is 0 Å². The van der Waals surface area contributed by atoms with Crippen LogP contribution in [0.1, 0.15) is 41.5 Å². The lowest BCUT2D eigenvalue weighted by molar-refractivity contribution is -0.112. The Morgan fingerprint density at radius 1 is 1.22 bits per heavy atom. The van der Waals surface area contributed by atoms with Crippen molar-refractivity contribution >= 4 is 23.3 Å². The predicted octanol–water partition coefficient (Wildman–Crippen LogP) is 1.78. The predicted molar refractivity (Wildman–Crippen MR) is 64.6 cm³/mol. The van der Waals surface area contributed by atoms with E-state index in [1.54, 1.807) is 20.8 Å². The second-order valence-electron chi connectivity index (χ2n) is 5.05. The van der Waals surface area contributed by atoms with E-state index in [0.717, 1.165) is 0 Å². The first-order valence-electron chi connectivity index (χ1n) is 5.51. The standard InChI is InChI=1S/C13H13NO4/c1-13(2,3)18-12(17)7-4-5-9-8(6-7)10(15)11(16)14-9/h4-6H,1-3H3,(H,14,15,16). The van der Waals surface area contributed by atoms with Crippen LogP contribution in [0.15, 0.2) is 18.2 Å². The number of Topliss-reactive ketones (excluding diaryl/α,β-unsaturated/α-hetero) is 1. The molecule has 94 valence electrons. The highest BCUT2D eigenvalue weighted by molar-refractivity contribution is 6.51. The van der Waals surface area contributed by atoms with E-state index in [0.29, 0.717) is 5.69 Å². The number of carbonyl (C=O) groups excluding carboxylic acids is 3. The number of hydrogen-bond acceptors (Lipinski definition) is 4. The molecule has 0 saturated heterocycles. The molecule has 0 aromatic heterocycles. The van der Waals surface area contributed by atoms with Gasteiger partial charge in [0.2, 0.25) is 0 Å². The molecule has 0 bridgehead atoms. The zero-order chi connectivity index (χ0) is 13.5. The average molecular weight is 247 g/mol. The topological polar surface area (TPSA) is 72.5 Å². The summed E-state index contributed by atoms with van der Waals surface area (Å²) in [6.45, 7) is 5.28. The number of anilines is 1. The van der Waals surface area contributed by atoms with Crippen LogP contribution in [0.4, 0.5) is 5.69 Å². The van der Waals surface area contributed by atoms with E-state index in [4.69, 9.17) is 4.74 Å². The van der Waals surface area contributed by atoms with Crippen molar-refractivity contribution in [2.24, 2.45) is 0 Å². The van der Waals surface area contributed by atoms with Crippen LogP contribution in [0.5, 0.6) is 0 Å². The molecular weight excluding hydrogens is 234 g/mol. The van der Waals surface area contributed by atoms with Crippen LogP contribution in [-0.4, -0.2) is 23.3 Å². The van der Waals surface area contributed by atoms with E-state index in [1.807, 2.05) is 0 Å². The van der Waals surface area contributed by atoms with Crippen LogP contribution in [0.25, 0.3) is 0 Å². The Labute approximate surface area is 104 Å². The van der Waals surface area contributed by atoms with Gasteiger partial charge in [0.1, 0.15) is 5.60 Å². The Morgan fingerprint density at radius 3 is 2.50 bits per heavy atom. The third kappa shape index (κ3) is 2.25. The van der Waals surface area contributed by atoms with Gasteiger partial charge < -0.3 is 10.1 Å². The quantitative estimate of drug-likeness (QED) is 0.606. The highest BCUT2D eigenvalue weighted by Crippen LogP contribution is 2.24. The van der Waals surface area contributed by atoms with Gasteiger partial charge in [-0.15, -0.1) is 0 Å². The zero-order valence-corrected chi connectivity index (χ0v) is 10.4. The molecule has 1 N–H and O–H groups in total. The van der Waals surface area contributed by atoms with Crippen molar-refractivity contribution in [3.63, 3.8) is 0 Å². The van der Waals surface area contributed by atoms with Crippen molar-refractivity contribution < 1.29 is 19.1 Å². The lowest BCUT2D eigenvalue weighted by Gasteiger charge is -2.19. The van der Waals surface area contributed by atoms with Crippen LogP contribution >= 0.6 is 0 Å². The molecule has 2 rings (SSSR count). The van der Waals surface area contributed by atoms with Gasteiger partial charge in [-0.2, -0.15) is 0 Å². The molecule has 0 unspecified atom stereocenters. The summed E-state index contributed by atoms with van der Waals surface area (Å²) in [5, 5.41) is 2.42. The number of fused-ring (bicyclic) bond motifs is 1. The van der Waals surface area contributed by atoms with E-state index in [9.17, 15) is 14.4 Å². The minimum atomic E-state index is -0.675. The van der Waals surface area contributed by atoms with Crippen molar-refractivity contribution in [2.45, 2.75) is 26.4 Å². The number of hydrogen-bond donors (Lipinski definition) is 1. The molecule has 18 heavy (non-hydrogen) atoms. The third-order valence-electron chi connectivity index (χ3n) is 2.35. The second kappa shape index (κ2) is 3.94. The number of amides is 1. The molecule has 5 heteroatoms. The largest absolute Gasteiger partial charge is 0.456 e. The SMILES string of the molecule is CC(C)(C)OC(=O)c1ccc2c(c1)C(=O)C(=O)N2. The fourth-order valence-electron chi connectivity index (χ4n) is 1.61. The first-order valence-corrected chi connectivity index (χ1v) is 5.51. The molecule has 1 aliphatic heterocycles. The maximum atomic E-state index is 11.8. The molecule has 1 aromatic carbocycles. The van der Waals surface area contributed by atoms with Crippen LogP contribution in [0, 0.1) is 0 Å².